The summed E-state index contributed by atoms with van der Waals surface area (Å²) < 4.78 is 4.93. The molecule has 0 saturated heterocycles. The fraction of sp³-hybridized carbons (Fsp3) is 0.286. The normalized spacial score (nSPS) is 10.7. The molecule has 2 N–H and O–H groups in total. The number of methoxy groups -OCH3 is 1. The van der Waals surface area contributed by atoms with Crippen LogP contribution in [0.4, 0.5) is 0 Å². The van der Waals surface area contributed by atoms with Crippen molar-refractivity contribution in [2.24, 2.45) is 0 Å². The van der Waals surface area contributed by atoms with Gasteiger partial charge in [-0.2, -0.15) is 4.98 Å². The number of hydrogen-bond donors (Lipinski definition) is 2. The molecule has 5 nitrogen and oxygen atoms in total. The second-order valence-electron chi connectivity index (χ2n) is 4.29. The second-order valence-corrected chi connectivity index (χ2v) is 4.69. The number of nitrogens with zero attached hydrogens (tertiary/aromatic N) is 1. The average Bonchev–Trinajstić information content (AvgIpc) is 2.40. The Morgan fingerprint density at radius 3 is 2.80 bits per heavy atom. The quantitative estimate of drug-likeness (QED) is 0.830. The van der Waals surface area contributed by atoms with Crippen LogP contribution in [-0.4, -0.2) is 28.8 Å². The van der Waals surface area contributed by atoms with Crippen molar-refractivity contribution in [3.05, 3.63) is 45.5 Å². The summed E-state index contributed by atoms with van der Waals surface area (Å²) in [6.45, 7) is 0.566. The van der Waals surface area contributed by atoms with Gasteiger partial charge in [-0.15, -0.1) is 0 Å². The van der Waals surface area contributed by atoms with Crippen LogP contribution in [0.5, 0.6) is 5.88 Å². The molecular weight excluding hydrogens is 280 g/mol. The van der Waals surface area contributed by atoms with E-state index in [0.29, 0.717) is 35.9 Å². The van der Waals surface area contributed by atoms with Gasteiger partial charge in [0.1, 0.15) is 11.4 Å². The Labute approximate surface area is 121 Å². The number of aromatic nitrogens is 2. The van der Waals surface area contributed by atoms with E-state index < -0.39 is 5.56 Å². The number of nitrogens with one attached hydrogen (secondary N) is 1. The summed E-state index contributed by atoms with van der Waals surface area (Å²) in [7, 11) is 1.61. The van der Waals surface area contributed by atoms with Crippen LogP contribution in [0.25, 0.3) is 11.1 Å². The lowest BCUT2D eigenvalue weighted by molar-refractivity contribution is 0.194. The molecular formula is C14H15ClN2O3. The van der Waals surface area contributed by atoms with Crippen LogP contribution in [0.15, 0.2) is 29.1 Å². The largest absolute Gasteiger partial charge is 0.493 e. The Bertz CT molecular complexity index is 655. The van der Waals surface area contributed by atoms with Crippen LogP contribution in [-0.2, 0) is 11.2 Å². The van der Waals surface area contributed by atoms with Crippen LogP contribution < -0.4 is 5.56 Å². The summed E-state index contributed by atoms with van der Waals surface area (Å²) >= 11 is 6.04. The summed E-state index contributed by atoms with van der Waals surface area (Å²) in [5, 5.41) is 10.4. The molecule has 2 aromatic rings. The summed E-state index contributed by atoms with van der Waals surface area (Å²) in [5.74, 6) is 0.120. The van der Waals surface area contributed by atoms with Gasteiger partial charge < -0.3 is 14.8 Å². The minimum absolute atomic E-state index is 0.0890. The van der Waals surface area contributed by atoms with Crippen LogP contribution in [0, 0.1) is 0 Å². The standard InChI is InChI=1S/C14H15ClN2O3/c1-20-8-4-7-11-16-13(18)12(14(19)17-11)9-5-2-3-6-10(9)15/h2-3,5-6H,4,7-8H2,1H3,(H2,16,17,18,19). The molecule has 1 aromatic carbocycles. The maximum atomic E-state index is 12.1. The topological polar surface area (TPSA) is 75.2 Å². The van der Waals surface area contributed by atoms with E-state index in [1.54, 1.807) is 31.4 Å². The lowest BCUT2D eigenvalue weighted by Crippen LogP contribution is -2.14. The zero-order valence-corrected chi connectivity index (χ0v) is 11.8. The Balaban J connectivity index is 2.37. The Morgan fingerprint density at radius 1 is 1.40 bits per heavy atom. The van der Waals surface area contributed by atoms with E-state index in [1.807, 2.05) is 0 Å². The molecule has 0 amide bonds. The highest BCUT2D eigenvalue weighted by Gasteiger charge is 2.15. The Kier molecular flexibility index (Phi) is 4.76. The molecule has 1 heterocycles. The lowest BCUT2D eigenvalue weighted by atomic mass is 10.1. The van der Waals surface area contributed by atoms with Gasteiger partial charge in [-0.25, -0.2) is 0 Å². The van der Waals surface area contributed by atoms with Crippen molar-refractivity contribution in [3.8, 4) is 17.0 Å². The van der Waals surface area contributed by atoms with Gasteiger partial charge in [-0.05, 0) is 12.5 Å². The predicted molar refractivity (Wildman–Crippen MR) is 77.2 cm³/mol. The monoisotopic (exact) mass is 294 g/mol. The van der Waals surface area contributed by atoms with Crippen molar-refractivity contribution < 1.29 is 9.84 Å². The van der Waals surface area contributed by atoms with Crippen molar-refractivity contribution in [3.63, 3.8) is 0 Å². The maximum absolute atomic E-state index is 12.1. The fourth-order valence-electron chi connectivity index (χ4n) is 1.92. The number of hydrogen-bond acceptors (Lipinski definition) is 4. The van der Waals surface area contributed by atoms with Gasteiger partial charge in [0.05, 0.1) is 0 Å². The fourth-order valence-corrected chi connectivity index (χ4v) is 2.15. The van der Waals surface area contributed by atoms with Crippen molar-refractivity contribution in [1.82, 2.24) is 9.97 Å². The first-order chi connectivity index (χ1) is 9.63. The SMILES string of the molecule is COCCCc1nc(O)c(-c2ccccc2Cl)c(=O)[nH]1. The zero-order valence-electron chi connectivity index (χ0n) is 11.0. The molecule has 0 aliphatic carbocycles. The number of aryl methyl sites for hydroxylation is 1. The predicted octanol–water partition coefficient (Wildman–Crippen LogP) is 2.37. The van der Waals surface area contributed by atoms with Gasteiger partial charge in [0.2, 0.25) is 5.88 Å². The van der Waals surface area contributed by atoms with Gasteiger partial charge in [-0.1, -0.05) is 29.8 Å². The average molecular weight is 295 g/mol. The van der Waals surface area contributed by atoms with E-state index >= 15 is 0 Å². The molecule has 0 fully saturated rings. The number of benzene rings is 1. The van der Waals surface area contributed by atoms with Gasteiger partial charge in [0.15, 0.2) is 0 Å². The van der Waals surface area contributed by atoms with Gasteiger partial charge in [0.25, 0.3) is 5.56 Å². The minimum atomic E-state index is -0.405. The highest BCUT2D eigenvalue weighted by atomic mass is 35.5. The highest BCUT2D eigenvalue weighted by molar-refractivity contribution is 6.33. The van der Waals surface area contributed by atoms with E-state index in [1.165, 1.54) is 0 Å². The highest BCUT2D eigenvalue weighted by Crippen LogP contribution is 2.29. The van der Waals surface area contributed by atoms with Crippen LogP contribution in [0.2, 0.25) is 5.02 Å². The molecule has 0 spiro atoms. The Hall–Kier alpha value is -1.85. The third-order valence-corrected chi connectivity index (χ3v) is 3.18. The molecule has 0 aliphatic rings. The van der Waals surface area contributed by atoms with Gasteiger partial charge in [-0.3, -0.25) is 4.79 Å². The van der Waals surface area contributed by atoms with Gasteiger partial charge >= 0.3 is 0 Å². The first-order valence-electron chi connectivity index (χ1n) is 6.19. The van der Waals surface area contributed by atoms with Crippen LogP contribution in [0.3, 0.4) is 0 Å². The summed E-state index contributed by atoms with van der Waals surface area (Å²) in [6, 6.07) is 6.82. The van der Waals surface area contributed by atoms with E-state index in [-0.39, 0.29) is 11.4 Å². The number of aromatic hydroxyl groups is 1. The summed E-state index contributed by atoms with van der Waals surface area (Å²) in [6.07, 6.45) is 1.24. The first kappa shape index (κ1) is 14.6. The van der Waals surface area contributed by atoms with E-state index in [0.717, 1.165) is 0 Å². The Morgan fingerprint density at radius 2 is 2.15 bits per heavy atom. The number of halogens is 1. The third-order valence-electron chi connectivity index (χ3n) is 2.85. The van der Waals surface area contributed by atoms with E-state index in [2.05, 4.69) is 9.97 Å². The first-order valence-corrected chi connectivity index (χ1v) is 6.57. The molecule has 2 rings (SSSR count). The third kappa shape index (κ3) is 3.18. The van der Waals surface area contributed by atoms with Crippen molar-refractivity contribution in [2.75, 3.05) is 13.7 Å². The zero-order chi connectivity index (χ0) is 14.5. The summed E-state index contributed by atoms with van der Waals surface area (Å²) in [4.78, 5) is 18.8. The molecule has 6 heteroatoms. The second kappa shape index (κ2) is 6.54. The lowest BCUT2D eigenvalue weighted by Gasteiger charge is -2.07. The van der Waals surface area contributed by atoms with E-state index in [4.69, 9.17) is 16.3 Å². The summed E-state index contributed by atoms with van der Waals surface area (Å²) in [5.41, 5.74) is 0.146. The maximum Gasteiger partial charge on any atom is 0.262 e. The van der Waals surface area contributed by atoms with Crippen LogP contribution >= 0.6 is 11.6 Å². The number of rotatable bonds is 5. The molecule has 1 aromatic heterocycles. The van der Waals surface area contributed by atoms with Gasteiger partial charge in [0, 0.05) is 30.7 Å². The minimum Gasteiger partial charge on any atom is -0.493 e. The molecule has 0 saturated carbocycles. The molecule has 20 heavy (non-hydrogen) atoms. The number of H-pyrrole nitrogens is 1. The number of ether oxygens (including phenoxy) is 1. The molecule has 0 unspecified atom stereocenters. The molecule has 0 radical (unpaired) electrons. The van der Waals surface area contributed by atoms with Crippen molar-refractivity contribution >= 4 is 11.6 Å². The molecule has 0 aliphatic heterocycles. The van der Waals surface area contributed by atoms with Crippen LogP contribution in [0.1, 0.15) is 12.2 Å². The molecule has 106 valence electrons. The number of aromatic amines is 1. The smallest absolute Gasteiger partial charge is 0.262 e. The van der Waals surface area contributed by atoms with Crippen molar-refractivity contribution in [2.45, 2.75) is 12.8 Å². The molecule has 0 bridgehead atoms. The molecule has 0 atom stereocenters. The van der Waals surface area contributed by atoms with Crippen molar-refractivity contribution in [1.29, 1.82) is 0 Å². The van der Waals surface area contributed by atoms with E-state index in [9.17, 15) is 9.90 Å².